The van der Waals surface area contributed by atoms with Crippen molar-refractivity contribution in [3.8, 4) is 0 Å². The quantitative estimate of drug-likeness (QED) is 0.348. The van der Waals surface area contributed by atoms with Crippen LogP contribution in [0.1, 0.15) is 71.1 Å². The fourth-order valence-electron chi connectivity index (χ4n) is 2.97. The Balaban J connectivity index is 2.08. The highest BCUT2D eigenvalue weighted by Gasteiger charge is 2.41. The molecular formula is C18H34O6. The maximum absolute atomic E-state index is 11.8. The van der Waals surface area contributed by atoms with E-state index >= 15 is 0 Å². The lowest BCUT2D eigenvalue weighted by atomic mass is 10.1. The average molecular weight is 346 g/mol. The largest absolute Gasteiger partial charge is 0.457 e. The van der Waals surface area contributed by atoms with E-state index in [-0.39, 0.29) is 6.61 Å². The van der Waals surface area contributed by atoms with Gasteiger partial charge < -0.3 is 24.8 Å². The molecule has 0 unspecified atom stereocenters. The number of hydrogen-bond donors (Lipinski definition) is 3. The van der Waals surface area contributed by atoms with Crippen LogP contribution in [0.25, 0.3) is 0 Å². The first-order valence-electron chi connectivity index (χ1n) is 9.38. The lowest BCUT2D eigenvalue weighted by Crippen LogP contribution is -2.43. The Morgan fingerprint density at radius 3 is 2.17 bits per heavy atom. The van der Waals surface area contributed by atoms with Crippen molar-refractivity contribution in [3.05, 3.63) is 0 Å². The van der Waals surface area contributed by atoms with Crippen LogP contribution in [0.5, 0.6) is 0 Å². The second-order valence-electron chi connectivity index (χ2n) is 6.65. The SMILES string of the molecule is CCCCCCCCCCCC(=O)O[C@H](CO)[C@@H]1OC[C@H](O)[C@@H]1O. The molecule has 1 rings (SSSR count). The van der Waals surface area contributed by atoms with E-state index in [4.69, 9.17) is 9.47 Å². The molecule has 0 aromatic heterocycles. The summed E-state index contributed by atoms with van der Waals surface area (Å²) in [7, 11) is 0. The van der Waals surface area contributed by atoms with Gasteiger partial charge in [0.25, 0.3) is 0 Å². The molecule has 0 amide bonds. The van der Waals surface area contributed by atoms with Crippen molar-refractivity contribution in [2.75, 3.05) is 13.2 Å². The molecule has 1 heterocycles. The summed E-state index contributed by atoms with van der Waals surface area (Å²) in [5.41, 5.74) is 0. The van der Waals surface area contributed by atoms with Crippen LogP contribution in [0.2, 0.25) is 0 Å². The van der Waals surface area contributed by atoms with Crippen LogP contribution in [-0.4, -0.2) is 58.9 Å². The van der Waals surface area contributed by atoms with E-state index in [1.807, 2.05) is 0 Å². The molecule has 0 spiro atoms. The zero-order valence-electron chi connectivity index (χ0n) is 14.9. The van der Waals surface area contributed by atoms with Crippen LogP contribution in [0.4, 0.5) is 0 Å². The first-order chi connectivity index (χ1) is 11.6. The van der Waals surface area contributed by atoms with E-state index in [9.17, 15) is 20.1 Å². The standard InChI is InChI=1S/C18H34O6/c1-2-3-4-5-6-7-8-9-10-11-16(21)24-15(12-19)18-17(22)14(20)13-23-18/h14-15,17-20,22H,2-13H2,1H3/t14-,15+,17-,18-/m0/s1. The van der Waals surface area contributed by atoms with E-state index in [0.717, 1.165) is 19.3 Å². The highest BCUT2D eigenvalue weighted by molar-refractivity contribution is 5.69. The Morgan fingerprint density at radius 2 is 1.67 bits per heavy atom. The Morgan fingerprint density at radius 1 is 1.08 bits per heavy atom. The van der Waals surface area contributed by atoms with Gasteiger partial charge in [-0.25, -0.2) is 0 Å². The van der Waals surface area contributed by atoms with Gasteiger partial charge in [-0.05, 0) is 6.42 Å². The Bertz CT molecular complexity index is 335. The van der Waals surface area contributed by atoms with E-state index in [1.54, 1.807) is 0 Å². The monoisotopic (exact) mass is 346 g/mol. The van der Waals surface area contributed by atoms with Crippen LogP contribution >= 0.6 is 0 Å². The van der Waals surface area contributed by atoms with Crippen molar-refractivity contribution in [2.45, 2.75) is 95.5 Å². The van der Waals surface area contributed by atoms with Crippen molar-refractivity contribution < 1.29 is 29.6 Å². The molecule has 1 saturated heterocycles. The number of aliphatic hydroxyl groups excluding tert-OH is 3. The lowest BCUT2D eigenvalue weighted by Gasteiger charge is -2.24. The van der Waals surface area contributed by atoms with Gasteiger partial charge in [0.05, 0.1) is 13.2 Å². The highest BCUT2D eigenvalue weighted by Crippen LogP contribution is 2.20. The second-order valence-corrected chi connectivity index (χ2v) is 6.65. The number of esters is 1. The average Bonchev–Trinajstić information content (AvgIpc) is 2.90. The molecule has 142 valence electrons. The summed E-state index contributed by atoms with van der Waals surface area (Å²) >= 11 is 0. The third kappa shape index (κ3) is 7.92. The van der Waals surface area contributed by atoms with Crippen LogP contribution in [-0.2, 0) is 14.3 Å². The van der Waals surface area contributed by atoms with Gasteiger partial charge in [0.2, 0.25) is 0 Å². The molecule has 0 aromatic carbocycles. The summed E-state index contributed by atoms with van der Waals surface area (Å²) in [5.74, 6) is -0.394. The first-order valence-corrected chi connectivity index (χ1v) is 9.38. The molecular weight excluding hydrogens is 312 g/mol. The maximum atomic E-state index is 11.8. The molecule has 0 aromatic rings. The highest BCUT2D eigenvalue weighted by atomic mass is 16.6. The van der Waals surface area contributed by atoms with E-state index in [1.165, 1.54) is 38.5 Å². The molecule has 0 radical (unpaired) electrons. The van der Waals surface area contributed by atoms with Crippen LogP contribution < -0.4 is 0 Å². The molecule has 3 N–H and O–H groups in total. The number of unbranched alkanes of at least 4 members (excludes halogenated alkanes) is 8. The third-order valence-corrected chi connectivity index (χ3v) is 4.50. The summed E-state index contributed by atoms with van der Waals surface area (Å²) in [6, 6.07) is 0. The van der Waals surface area contributed by atoms with E-state index < -0.39 is 37.0 Å². The topological polar surface area (TPSA) is 96.2 Å². The number of ether oxygens (including phenoxy) is 2. The van der Waals surface area contributed by atoms with Crippen molar-refractivity contribution in [1.82, 2.24) is 0 Å². The number of rotatable bonds is 13. The van der Waals surface area contributed by atoms with Crippen molar-refractivity contribution in [1.29, 1.82) is 0 Å². The smallest absolute Gasteiger partial charge is 0.306 e. The van der Waals surface area contributed by atoms with Crippen molar-refractivity contribution in [2.24, 2.45) is 0 Å². The molecule has 4 atom stereocenters. The molecule has 0 saturated carbocycles. The van der Waals surface area contributed by atoms with Crippen LogP contribution in [0, 0.1) is 0 Å². The summed E-state index contributed by atoms with van der Waals surface area (Å²) in [6.07, 6.45) is 6.91. The van der Waals surface area contributed by atoms with Crippen molar-refractivity contribution >= 4 is 5.97 Å². The predicted octanol–water partition coefficient (Wildman–Crippen LogP) is 1.93. The maximum Gasteiger partial charge on any atom is 0.306 e. The zero-order valence-corrected chi connectivity index (χ0v) is 14.9. The normalized spacial score (nSPS) is 24.9. The number of aliphatic hydroxyl groups is 3. The fourth-order valence-corrected chi connectivity index (χ4v) is 2.97. The minimum Gasteiger partial charge on any atom is -0.457 e. The van der Waals surface area contributed by atoms with Crippen LogP contribution in [0.3, 0.4) is 0 Å². The molecule has 1 fully saturated rings. The van der Waals surface area contributed by atoms with Crippen LogP contribution in [0.15, 0.2) is 0 Å². The van der Waals surface area contributed by atoms with Gasteiger partial charge in [-0.3, -0.25) is 4.79 Å². The molecule has 24 heavy (non-hydrogen) atoms. The minimum absolute atomic E-state index is 0.0157. The molecule has 0 aliphatic carbocycles. The Hall–Kier alpha value is -0.690. The number of carbonyl (C=O) groups is 1. The van der Waals surface area contributed by atoms with E-state index in [2.05, 4.69) is 6.92 Å². The molecule has 0 bridgehead atoms. The van der Waals surface area contributed by atoms with Gasteiger partial charge in [0.1, 0.15) is 18.3 Å². The summed E-state index contributed by atoms with van der Waals surface area (Å²) in [6.45, 7) is 1.76. The Labute approximate surface area is 145 Å². The second kappa shape index (κ2) is 12.6. The third-order valence-electron chi connectivity index (χ3n) is 4.50. The van der Waals surface area contributed by atoms with Gasteiger partial charge in [0.15, 0.2) is 6.10 Å². The summed E-state index contributed by atoms with van der Waals surface area (Å²) in [4.78, 5) is 11.8. The minimum atomic E-state index is -1.14. The van der Waals surface area contributed by atoms with Crippen molar-refractivity contribution in [3.63, 3.8) is 0 Å². The molecule has 1 aliphatic rings. The first kappa shape index (κ1) is 21.4. The van der Waals surface area contributed by atoms with Gasteiger partial charge in [0, 0.05) is 6.42 Å². The fraction of sp³-hybridized carbons (Fsp3) is 0.944. The van der Waals surface area contributed by atoms with E-state index in [0.29, 0.717) is 6.42 Å². The summed E-state index contributed by atoms with van der Waals surface area (Å²) in [5, 5.41) is 28.5. The lowest BCUT2D eigenvalue weighted by molar-refractivity contribution is -0.162. The summed E-state index contributed by atoms with van der Waals surface area (Å²) < 4.78 is 10.4. The zero-order chi connectivity index (χ0) is 17.8. The predicted molar refractivity (Wildman–Crippen MR) is 90.6 cm³/mol. The Kier molecular flexibility index (Phi) is 11.2. The molecule has 1 aliphatic heterocycles. The number of hydrogen-bond acceptors (Lipinski definition) is 6. The van der Waals surface area contributed by atoms with Gasteiger partial charge in [-0.15, -0.1) is 0 Å². The molecule has 6 nitrogen and oxygen atoms in total. The molecule has 6 heteroatoms. The number of carbonyl (C=O) groups excluding carboxylic acids is 1. The van der Waals surface area contributed by atoms with Gasteiger partial charge >= 0.3 is 5.97 Å². The van der Waals surface area contributed by atoms with Gasteiger partial charge in [-0.1, -0.05) is 58.3 Å². The van der Waals surface area contributed by atoms with Gasteiger partial charge in [-0.2, -0.15) is 0 Å².